The first-order chi connectivity index (χ1) is 7.61. The lowest BCUT2D eigenvalue weighted by molar-refractivity contribution is 0.0524. The smallest absolute Gasteiger partial charge is 0.343 e. The third kappa shape index (κ3) is 2.28. The number of ether oxygens (including phenoxy) is 2. The SMILES string of the molecule is CCOC(=O)c1c[nH]cc(C(=O)OC)c1=O. The maximum atomic E-state index is 11.7. The first kappa shape index (κ1) is 12.0. The number of aromatic nitrogens is 1. The molecule has 1 aromatic heterocycles. The largest absolute Gasteiger partial charge is 0.465 e. The molecule has 0 aliphatic rings. The highest BCUT2D eigenvalue weighted by molar-refractivity contribution is 5.94. The van der Waals surface area contributed by atoms with Gasteiger partial charge in [0.25, 0.3) is 0 Å². The second-order valence-corrected chi connectivity index (χ2v) is 2.82. The molecule has 0 saturated heterocycles. The summed E-state index contributed by atoms with van der Waals surface area (Å²) in [5.41, 5.74) is -1.15. The van der Waals surface area contributed by atoms with Gasteiger partial charge in [-0.15, -0.1) is 0 Å². The molecule has 1 N–H and O–H groups in total. The molecule has 0 aliphatic heterocycles. The lowest BCUT2D eigenvalue weighted by atomic mass is 10.2. The van der Waals surface area contributed by atoms with Gasteiger partial charge in [-0.05, 0) is 6.92 Å². The minimum atomic E-state index is -0.799. The fourth-order valence-electron chi connectivity index (χ4n) is 1.11. The summed E-state index contributed by atoms with van der Waals surface area (Å²) in [6, 6.07) is 0. The van der Waals surface area contributed by atoms with Crippen molar-refractivity contribution in [2.75, 3.05) is 13.7 Å². The molecule has 0 amide bonds. The second-order valence-electron chi connectivity index (χ2n) is 2.82. The van der Waals surface area contributed by atoms with Gasteiger partial charge in [0.2, 0.25) is 5.43 Å². The Kier molecular flexibility index (Phi) is 3.82. The Morgan fingerprint density at radius 2 is 1.81 bits per heavy atom. The Morgan fingerprint density at radius 1 is 1.25 bits per heavy atom. The molecule has 86 valence electrons. The van der Waals surface area contributed by atoms with Gasteiger partial charge in [0.1, 0.15) is 11.1 Å². The van der Waals surface area contributed by atoms with E-state index in [1.165, 1.54) is 12.4 Å². The summed E-state index contributed by atoms with van der Waals surface area (Å²) in [4.78, 5) is 36.7. The standard InChI is InChI=1S/C10H11NO5/c1-3-16-10(14)7-5-11-4-6(8(7)12)9(13)15-2/h4-5H,3H2,1-2H3,(H,11,12). The molecule has 0 aromatic carbocycles. The molecule has 0 fully saturated rings. The number of aromatic amines is 1. The molecule has 0 spiro atoms. The molecule has 6 heteroatoms. The zero-order valence-corrected chi connectivity index (χ0v) is 8.90. The average Bonchev–Trinajstić information content (AvgIpc) is 2.28. The van der Waals surface area contributed by atoms with Crippen LogP contribution in [0.4, 0.5) is 0 Å². The monoisotopic (exact) mass is 225 g/mol. The second kappa shape index (κ2) is 5.11. The highest BCUT2D eigenvalue weighted by Crippen LogP contribution is 1.98. The van der Waals surface area contributed by atoms with Crippen LogP contribution in [-0.4, -0.2) is 30.6 Å². The normalized spacial score (nSPS) is 9.62. The number of carbonyl (C=O) groups is 2. The van der Waals surface area contributed by atoms with Crippen molar-refractivity contribution in [3.05, 3.63) is 33.7 Å². The van der Waals surface area contributed by atoms with Crippen molar-refractivity contribution < 1.29 is 19.1 Å². The van der Waals surface area contributed by atoms with E-state index >= 15 is 0 Å². The molecular weight excluding hydrogens is 214 g/mol. The molecule has 0 radical (unpaired) electrons. The van der Waals surface area contributed by atoms with E-state index in [-0.39, 0.29) is 17.7 Å². The molecule has 0 atom stereocenters. The highest BCUT2D eigenvalue weighted by Gasteiger charge is 2.18. The van der Waals surface area contributed by atoms with E-state index in [1.54, 1.807) is 6.92 Å². The topological polar surface area (TPSA) is 85.5 Å². The zero-order valence-electron chi connectivity index (χ0n) is 8.90. The van der Waals surface area contributed by atoms with Gasteiger partial charge in [0.15, 0.2) is 0 Å². The molecule has 1 aromatic rings. The molecule has 1 heterocycles. The van der Waals surface area contributed by atoms with Crippen molar-refractivity contribution in [2.24, 2.45) is 0 Å². The number of nitrogens with one attached hydrogen (secondary N) is 1. The summed E-state index contributed by atoms with van der Waals surface area (Å²) in [5, 5.41) is 0. The van der Waals surface area contributed by atoms with Gasteiger partial charge < -0.3 is 14.5 Å². The molecule has 0 saturated carbocycles. The Hall–Kier alpha value is -2.11. The third-order valence-corrected chi connectivity index (χ3v) is 1.85. The van der Waals surface area contributed by atoms with E-state index < -0.39 is 17.4 Å². The quantitative estimate of drug-likeness (QED) is 0.749. The summed E-state index contributed by atoms with van der Waals surface area (Å²) in [7, 11) is 1.15. The highest BCUT2D eigenvalue weighted by atomic mass is 16.5. The molecule has 16 heavy (non-hydrogen) atoms. The van der Waals surface area contributed by atoms with Crippen molar-refractivity contribution in [1.29, 1.82) is 0 Å². The van der Waals surface area contributed by atoms with E-state index in [1.807, 2.05) is 0 Å². The Bertz CT molecular complexity index is 463. The van der Waals surface area contributed by atoms with Crippen LogP contribution < -0.4 is 5.43 Å². The van der Waals surface area contributed by atoms with Gasteiger partial charge in [-0.2, -0.15) is 0 Å². The van der Waals surface area contributed by atoms with Gasteiger partial charge in [-0.1, -0.05) is 0 Å². The number of hydrogen-bond donors (Lipinski definition) is 1. The number of hydrogen-bond acceptors (Lipinski definition) is 5. The number of esters is 2. The predicted octanol–water partition coefficient (Wildman–Crippen LogP) is 0.338. The number of carbonyl (C=O) groups excluding carboxylic acids is 2. The summed E-state index contributed by atoms with van der Waals surface area (Å²) in [6.45, 7) is 1.77. The van der Waals surface area contributed by atoms with E-state index in [9.17, 15) is 14.4 Å². The minimum absolute atomic E-state index is 0.153. The Morgan fingerprint density at radius 3 is 2.31 bits per heavy atom. The first-order valence-corrected chi connectivity index (χ1v) is 4.58. The Balaban J connectivity index is 3.19. The van der Waals surface area contributed by atoms with Gasteiger partial charge >= 0.3 is 11.9 Å². The average molecular weight is 225 g/mol. The first-order valence-electron chi connectivity index (χ1n) is 4.58. The minimum Gasteiger partial charge on any atom is -0.465 e. The maximum absolute atomic E-state index is 11.7. The van der Waals surface area contributed by atoms with E-state index in [0.717, 1.165) is 7.11 Å². The molecular formula is C10H11NO5. The van der Waals surface area contributed by atoms with Crippen molar-refractivity contribution in [3.8, 4) is 0 Å². The summed E-state index contributed by atoms with van der Waals surface area (Å²) in [5.74, 6) is -1.57. The number of pyridine rings is 1. The van der Waals surface area contributed by atoms with Crippen LogP contribution in [-0.2, 0) is 9.47 Å². The third-order valence-electron chi connectivity index (χ3n) is 1.85. The summed E-state index contributed by atoms with van der Waals surface area (Å²) < 4.78 is 9.07. The molecule has 0 aliphatic carbocycles. The predicted molar refractivity (Wildman–Crippen MR) is 54.4 cm³/mol. The molecule has 6 nitrogen and oxygen atoms in total. The van der Waals surface area contributed by atoms with Crippen LogP contribution in [0.5, 0.6) is 0 Å². The van der Waals surface area contributed by atoms with E-state index in [2.05, 4.69) is 14.5 Å². The fraction of sp³-hybridized carbons (Fsp3) is 0.300. The summed E-state index contributed by atoms with van der Waals surface area (Å²) >= 11 is 0. The van der Waals surface area contributed by atoms with Crippen LogP contribution in [0.15, 0.2) is 17.2 Å². The molecule has 1 rings (SSSR count). The zero-order chi connectivity index (χ0) is 12.1. The van der Waals surface area contributed by atoms with Gasteiger partial charge in [-0.3, -0.25) is 4.79 Å². The van der Waals surface area contributed by atoms with Crippen LogP contribution >= 0.6 is 0 Å². The van der Waals surface area contributed by atoms with Crippen molar-refractivity contribution in [2.45, 2.75) is 6.92 Å². The Labute approximate surface area is 91.2 Å². The number of rotatable bonds is 3. The van der Waals surface area contributed by atoms with Crippen molar-refractivity contribution in [1.82, 2.24) is 4.98 Å². The van der Waals surface area contributed by atoms with Gasteiger partial charge in [0, 0.05) is 12.4 Å². The molecule has 0 unspecified atom stereocenters. The lowest BCUT2D eigenvalue weighted by Gasteiger charge is -2.02. The number of H-pyrrole nitrogens is 1. The van der Waals surface area contributed by atoms with Crippen molar-refractivity contribution in [3.63, 3.8) is 0 Å². The van der Waals surface area contributed by atoms with Crippen molar-refractivity contribution >= 4 is 11.9 Å². The fourth-order valence-corrected chi connectivity index (χ4v) is 1.11. The van der Waals surface area contributed by atoms with Gasteiger partial charge in [-0.25, -0.2) is 9.59 Å². The van der Waals surface area contributed by atoms with Crippen LogP contribution in [0.1, 0.15) is 27.6 Å². The van der Waals surface area contributed by atoms with Crippen LogP contribution in [0, 0.1) is 0 Å². The summed E-state index contributed by atoms with van der Waals surface area (Å²) in [6.07, 6.45) is 2.36. The van der Waals surface area contributed by atoms with Crippen LogP contribution in [0.25, 0.3) is 0 Å². The molecule has 0 bridgehead atoms. The lowest BCUT2D eigenvalue weighted by Crippen LogP contribution is -2.24. The van der Waals surface area contributed by atoms with Gasteiger partial charge in [0.05, 0.1) is 13.7 Å². The maximum Gasteiger partial charge on any atom is 0.343 e. The van der Waals surface area contributed by atoms with E-state index in [4.69, 9.17) is 0 Å². The van der Waals surface area contributed by atoms with Crippen LogP contribution in [0.3, 0.4) is 0 Å². The van der Waals surface area contributed by atoms with Crippen LogP contribution in [0.2, 0.25) is 0 Å². The van der Waals surface area contributed by atoms with E-state index in [0.29, 0.717) is 0 Å². The number of methoxy groups -OCH3 is 1.